The monoisotopic (exact) mass is 438 g/mol. The van der Waals surface area contributed by atoms with Crippen molar-refractivity contribution in [1.82, 2.24) is 0 Å². The molecule has 0 amide bonds. The summed E-state index contributed by atoms with van der Waals surface area (Å²) >= 11 is 0. The maximum atomic E-state index is 13.4. The summed E-state index contributed by atoms with van der Waals surface area (Å²) in [6.45, 7) is -0.231. The highest BCUT2D eigenvalue weighted by molar-refractivity contribution is 6.33. The van der Waals surface area contributed by atoms with Gasteiger partial charge in [-0.05, 0) is 17.7 Å². The van der Waals surface area contributed by atoms with Gasteiger partial charge >= 0.3 is 11.6 Å². The molecule has 6 heteroatoms. The van der Waals surface area contributed by atoms with Crippen LogP contribution in [-0.2, 0) is 10.2 Å². The molecule has 1 heterocycles. The van der Waals surface area contributed by atoms with Crippen LogP contribution in [0.5, 0.6) is 0 Å². The lowest BCUT2D eigenvalue weighted by molar-refractivity contribution is 0.0449. The quantitative estimate of drug-likeness (QED) is 0.261. The van der Waals surface area contributed by atoms with Gasteiger partial charge in [0.15, 0.2) is 11.6 Å². The fourth-order valence-electron chi connectivity index (χ4n) is 4.38. The lowest BCUT2D eigenvalue weighted by Crippen LogP contribution is -2.40. The van der Waals surface area contributed by atoms with Crippen LogP contribution < -0.4 is 5.63 Å². The molecule has 0 saturated carbocycles. The summed E-state index contributed by atoms with van der Waals surface area (Å²) in [7, 11) is 0. The first-order valence-corrected chi connectivity index (χ1v) is 10.5. The molecule has 0 fully saturated rings. The lowest BCUT2D eigenvalue weighted by Gasteiger charge is -2.26. The lowest BCUT2D eigenvalue weighted by atomic mass is 9.73. The van der Waals surface area contributed by atoms with Crippen molar-refractivity contribution in [1.29, 1.82) is 0 Å². The van der Waals surface area contributed by atoms with Crippen LogP contribution in [0.25, 0.3) is 11.0 Å². The summed E-state index contributed by atoms with van der Waals surface area (Å²) in [5.74, 6) is -1.51. The Bertz CT molecular complexity index is 1430. The molecular formula is C27H18O6. The highest BCUT2D eigenvalue weighted by Gasteiger charge is 2.53. The number of hydrogen-bond donors (Lipinski definition) is 0. The van der Waals surface area contributed by atoms with E-state index in [-0.39, 0.29) is 30.2 Å². The molecule has 0 aliphatic heterocycles. The van der Waals surface area contributed by atoms with Gasteiger partial charge in [-0.1, -0.05) is 72.8 Å². The number of para-hydroxylation sites is 1. The van der Waals surface area contributed by atoms with Gasteiger partial charge in [-0.3, -0.25) is 9.59 Å². The van der Waals surface area contributed by atoms with Crippen molar-refractivity contribution >= 4 is 28.5 Å². The fourth-order valence-corrected chi connectivity index (χ4v) is 4.38. The predicted molar refractivity (Wildman–Crippen MR) is 121 cm³/mol. The van der Waals surface area contributed by atoms with Gasteiger partial charge in [-0.15, -0.1) is 0 Å². The molecule has 0 saturated heterocycles. The van der Waals surface area contributed by atoms with Crippen LogP contribution in [0.3, 0.4) is 0 Å². The third-order valence-electron chi connectivity index (χ3n) is 6.03. The van der Waals surface area contributed by atoms with Gasteiger partial charge in [-0.2, -0.15) is 0 Å². The van der Waals surface area contributed by atoms with E-state index in [0.717, 1.165) is 0 Å². The molecule has 0 N–H and O–H groups in total. The molecule has 5 rings (SSSR count). The number of hydrogen-bond acceptors (Lipinski definition) is 6. The highest BCUT2D eigenvalue weighted by Crippen LogP contribution is 2.42. The van der Waals surface area contributed by atoms with Crippen LogP contribution in [0, 0.1) is 0 Å². The maximum absolute atomic E-state index is 13.4. The average molecular weight is 438 g/mol. The van der Waals surface area contributed by atoms with Crippen molar-refractivity contribution in [2.24, 2.45) is 0 Å². The van der Waals surface area contributed by atoms with Crippen molar-refractivity contribution in [3.8, 4) is 0 Å². The Morgan fingerprint density at radius 3 is 2.09 bits per heavy atom. The smallest absolute Gasteiger partial charge is 0.351 e. The molecule has 4 aromatic rings. The second-order valence-electron chi connectivity index (χ2n) is 7.85. The van der Waals surface area contributed by atoms with Crippen molar-refractivity contribution in [2.75, 3.05) is 6.61 Å². The van der Waals surface area contributed by atoms with Crippen LogP contribution in [-0.4, -0.2) is 24.1 Å². The van der Waals surface area contributed by atoms with E-state index >= 15 is 0 Å². The van der Waals surface area contributed by atoms with Crippen LogP contribution in [0.1, 0.15) is 43.1 Å². The predicted octanol–water partition coefficient (Wildman–Crippen LogP) is 4.36. The molecule has 1 aliphatic carbocycles. The third kappa shape index (κ3) is 3.27. The number of rotatable bonds is 5. The Labute approximate surface area is 188 Å². The summed E-state index contributed by atoms with van der Waals surface area (Å²) in [5, 5.41) is 0.585. The normalized spacial score (nSPS) is 14.3. The Balaban J connectivity index is 1.44. The van der Waals surface area contributed by atoms with Gasteiger partial charge in [0.1, 0.15) is 16.6 Å². The van der Waals surface area contributed by atoms with Crippen molar-refractivity contribution in [3.63, 3.8) is 0 Å². The largest absolute Gasteiger partial charge is 0.462 e. The minimum absolute atomic E-state index is 0.0476. The summed E-state index contributed by atoms with van der Waals surface area (Å²) in [6.07, 6.45) is -0.0476. The van der Waals surface area contributed by atoms with Gasteiger partial charge < -0.3 is 9.15 Å². The van der Waals surface area contributed by atoms with Gasteiger partial charge in [0, 0.05) is 22.9 Å². The first-order chi connectivity index (χ1) is 16.0. The first kappa shape index (κ1) is 20.6. The van der Waals surface area contributed by atoms with E-state index in [0.29, 0.717) is 27.7 Å². The molecule has 0 unspecified atom stereocenters. The Morgan fingerprint density at radius 1 is 0.788 bits per heavy atom. The van der Waals surface area contributed by atoms with E-state index in [1.165, 1.54) is 6.07 Å². The Hall–Kier alpha value is -4.32. The molecule has 0 radical (unpaired) electrons. The number of ketones is 2. The second-order valence-corrected chi connectivity index (χ2v) is 7.85. The molecule has 3 aromatic carbocycles. The maximum Gasteiger partial charge on any atom is 0.351 e. The Kier molecular flexibility index (Phi) is 4.98. The second kappa shape index (κ2) is 7.98. The molecule has 0 spiro atoms. The molecule has 0 atom stereocenters. The van der Waals surface area contributed by atoms with E-state index in [9.17, 15) is 19.2 Å². The van der Waals surface area contributed by atoms with E-state index in [1.807, 2.05) is 0 Å². The van der Waals surface area contributed by atoms with Crippen molar-refractivity contribution in [2.45, 2.75) is 11.8 Å². The van der Waals surface area contributed by atoms with Gasteiger partial charge in [0.05, 0.1) is 6.61 Å². The van der Waals surface area contributed by atoms with Crippen LogP contribution in [0.4, 0.5) is 0 Å². The van der Waals surface area contributed by atoms with Crippen LogP contribution >= 0.6 is 0 Å². The topological polar surface area (TPSA) is 90.7 Å². The van der Waals surface area contributed by atoms with E-state index < -0.39 is 17.0 Å². The minimum Gasteiger partial charge on any atom is -0.462 e. The van der Waals surface area contributed by atoms with E-state index in [4.69, 9.17) is 9.15 Å². The van der Waals surface area contributed by atoms with Crippen molar-refractivity contribution < 1.29 is 23.5 Å². The highest BCUT2D eigenvalue weighted by atomic mass is 16.5. The number of carbonyl (C=O) groups is 3. The van der Waals surface area contributed by atoms with Crippen LogP contribution in [0.2, 0.25) is 0 Å². The molecule has 33 heavy (non-hydrogen) atoms. The number of benzene rings is 3. The number of ether oxygens (including phenoxy) is 1. The zero-order chi connectivity index (χ0) is 23.0. The Morgan fingerprint density at radius 2 is 1.39 bits per heavy atom. The summed E-state index contributed by atoms with van der Waals surface area (Å²) < 4.78 is 10.6. The molecular weight excluding hydrogens is 420 g/mol. The summed E-state index contributed by atoms with van der Waals surface area (Å²) in [4.78, 5) is 51.8. The number of fused-ring (bicyclic) bond motifs is 2. The average Bonchev–Trinajstić information content (AvgIpc) is 3.06. The zero-order valence-electron chi connectivity index (χ0n) is 17.4. The molecule has 1 aromatic heterocycles. The number of carbonyl (C=O) groups excluding carboxylic acids is 3. The number of esters is 1. The molecule has 6 nitrogen and oxygen atoms in total. The molecule has 0 bridgehead atoms. The van der Waals surface area contributed by atoms with Gasteiger partial charge in [0.25, 0.3) is 0 Å². The third-order valence-corrected chi connectivity index (χ3v) is 6.03. The molecule has 1 aliphatic rings. The SMILES string of the molecule is O=C(OCCC1(c2ccccc2)C(=O)c2ccccc2C1=O)c1cc2ccccc2oc1=O. The zero-order valence-corrected chi connectivity index (χ0v) is 17.4. The number of Topliss-reactive ketones (excluding diaryl/α,β-unsaturated/α-hetero) is 2. The fraction of sp³-hybridized carbons (Fsp3) is 0.111. The first-order valence-electron chi connectivity index (χ1n) is 10.5. The molecule has 162 valence electrons. The van der Waals surface area contributed by atoms with Crippen LogP contribution in [0.15, 0.2) is 94.1 Å². The standard InChI is InChI=1S/C27H18O6/c28-23-19-11-5-6-12-20(19)24(29)27(23,18-9-2-1-3-10-18)14-15-32-25(30)21-16-17-8-4-7-13-22(17)33-26(21)31/h1-13,16H,14-15H2. The van der Waals surface area contributed by atoms with Gasteiger partial charge in [0.2, 0.25) is 0 Å². The van der Waals surface area contributed by atoms with Crippen molar-refractivity contribution in [3.05, 3.63) is 118 Å². The van der Waals surface area contributed by atoms with E-state index in [1.54, 1.807) is 78.9 Å². The van der Waals surface area contributed by atoms with E-state index in [2.05, 4.69) is 0 Å². The van der Waals surface area contributed by atoms with Gasteiger partial charge in [-0.25, -0.2) is 9.59 Å². The minimum atomic E-state index is -1.49. The summed E-state index contributed by atoms with van der Waals surface area (Å²) in [5.41, 5.74) is -0.925. The summed E-state index contributed by atoms with van der Waals surface area (Å²) in [6, 6.07) is 23.7.